The van der Waals surface area contributed by atoms with Crippen molar-refractivity contribution in [3.05, 3.63) is 0 Å². The second-order valence-electron chi connectivity index (χ2n) is 5.46. The number of carbonyl (C=O) groups excluding carboxylic acids is 1. The molecule has 2 atom stereocenters. The predicted octanol–water partition coefficient (Wildman–Crippen LogP) is 0.741. The van der Waals surface area contributed by atoms with Gasteiger partial charge in [0.05, 0.1) is 13.7 Å². The number of esters is 1. The highest BCUT2D eigenvalue weighted by Gasteiger charge is 2.32. The lowest BCUT2D eigenvalue weighted by molar-refractivity contribution is -0.141. The molecule has 0 aromatic carbocycles. The molecule has 1 aliphatic heterocycles. The Kier molecular flexibility index (Phi) is 7.41. The molecule has 124 valence electrons. The van der Waals surface area contributed by atoms with Gasteiger partial charge in [-0.2, -0.15) is 13.2 Å². The minimum atomic E-state index is -4.21. The van der Waals surface area contributed by atoms with E-state index < -0.39 is 12.7 Å². The minimum Gasteiger partial charge on any atom is -0.469 e. The minimum absolute atomic E-state index is 0.176. The molecule has 0 aromatic heterocycles. The average Bonchev–Trinajstić information content (AvgIpc) is 2.42. The Morgan fingerprint density at radius 1 is 1.43 bits per heavy atom. The Bertz CT molecular complexity index is 326. The van der Waals surface area contributed by atoms with E-state index in [2.05, 4.69) is 15.0 Å². The van der Waals surface area contributed by atoms with Gasteiger partial charge in [0.1, 0.15) is 0 Å². The molecule has 3 N–H and O–H groups in total. The number of carbonyl (C=O) groups is 1. The molecule has 1 rings (SSSR count). The number of piperidine rings is 1. The lowest BCUT2D eigenvalue weighted by Gasteiger charge is -2.38. The molecular weight excluding hydrogens is 287 g/mol. The number of nitrogens with one attached hydrogen (secondary N) is 1. The van der Waals surface area contributed by atoms with Gasteiger partial charge in [0.25, 0.3) is 0 Å². The van der Waals surface area contributed by atoms with Gasteiger partial charge < -0.3 is 20.7 Å². The predicted molar refractivity (Wildman–Crippen MR) is 72.7 cm³/mol. The first-order valence-electron chi connectivity index (χ1n) is 7.13. The van der Waals surface area contributed by atoms with Gasteiger partial charge in [0.2, 0.25) is 0 Å². The quantitative estimate of drug-likeness (QED) is 0.679. The molecule has 0 amide bonds. The number of nitrogens with zero attached hydrogens (tertiary/aromatic N) is 1. The van der Waals surface area contributed by atoms with Crippen molar-refractivity contribution in [1.29, 1.82) is 0 Å². The van der Waals surface area contributed by atoms with Crippen LogP contribution in [0, 0.1) is 5.92 Å². The lowest BCUT2D eigenvalue weighted by Crippen LogP contribution is -2.52. The van der Waals surface area contributed by atoms with Gasteiger partial charge in [-0.25, -0.2) is 0 Å². The van der Waals surface area contributed by atoms with Crippen molar-refractivity contribution >= 4 is 5.97 Å². The highest BCUT2D eigenvalue weighted by atomic mass is 19.4. The maximum atomic E-state index is 12.3. The average molecular weight is 311 g/mol. The molecule has 5 nitrogen and oxygen atoms in total. The molecule has 2 unspecified atom stereocenters. The second kappa shape index (κ2) is 8.55. The fraction of sp³-hybridized carbons (Fsp3) is 0.923. The molecule has 0 aliphatic carbocycles. The Labute approximate surface area is 123 Å². The summed E-state index contributed by atoms with van der Waals surface area (Å²) in [6.07, 6.45) is -2.66. The van der Waals surface area contributed by atoms with Crippen molar-refractivity contribution < 1.29 is 22.7 Å². The van der Waals surface area contributed by atoms with Crippen LogP contribution in [0.3, 0.4) is 0 Å². The van der Waals surface area contributed by atoms with E-state index in [1.165, 1.54) is 7.11 Å². The molecule has 1 heterocycles. The topological polar surface area (TPSA) is 67.6 Å². The molecular formula is C13H24F3N3O2. The summed E-state index contributed by atoms with van der Waals surface area (Å²) in [6, 6.07) is -0.227. The van der Waals surface area contributed by atoms with Crippen LogP contribution in [0.15, 0.2) is 0 Å². The summed E-state index contributed by atoms with van der Waals surface area (Å²) in [5, 5.41) is 2.56. The zero-order valence-corrected chi connectivity index (χ0v) is 12.3. The van der Waals surface area contributed by atoms with Crippen LogP contribution in [-0.4, -0.2) is 62.9 Å². The van der Waals surface area contributed by atoms with Crippen molar-refractivity contribution in [3.63, 3.8) is 0 Å². The molecule has 1 saturated heterocycles. The van der Waals surface area contributed by atoms with E-state index in [9.17, 15) is 18.0 Å². The Balaban J connectivity index is 2.49. The standard InChI is InChI=1S/C13H24F3N3O2/c1-21-12(20)3-2-10-6-11(18-9-13(14,15)16)8-19(7-10)5-4-17/h10-11,18H,2-9,17H2,1H3. The van der Waals surface area contributed by atoms with Gasteiger partial charge in [-0.1, -0.05) is 0 Å². The number of rotatable bonds is 7. The zero-order valence-electron chi connectivity index (χ0n) is 12.3. The third-order valence-electron chi connectivity index (χ3n) is 3.63. The monoisotopic (exact) mass is 311 g/mol. The Morgan fingerprint density at radius 2 is 2.14 bits per heavy atom. The van der Waals surface area contributed by atoms with E-state index in [4.69, 9.17) is 5.73 Å². The molecule has 0 radical (unpaired) electrons. The number of likely N-dealkylation sites (tertiary alicyclic amines) is 1. The van der Waals surface area contributed by atoms with Crippen LogP contribution in [0.25, 0.3) is 0 Å². The van der Waals surface area contributed by atoms with Crippen molar-refractivity contribution in [2.45, 2.75) is 31.5 Å². The van der Waals surface area contributed by atoms with E-state index in [0.29, 0.717) is 38.9 Å². The van der Waals surface area contributed by atoms with Gasteiger partial charge >= 0.3 is 12.1 Å². The van der Waals surface area contributed by atoms with Crippen LogP contribution in [0.2, 0.25) is 0 Å². The maximum Gasteiger partial charge on any atom is 0.401 e. The third-order valence-corrected chi connectivity index (χ3v) is 3.63. The molecule has 0 bridgehead atoms. The fourth-order valence-corrected chi connectivity index (χ4v) is 2.71. The highest BCUT2D eigenvalue weighted by Crippen LogP contribution is 2.22. The van der Waals surface area contributed by atoms with Crippen LogP contribution < -0.4 is 11.1 Å². The van der Waals surface area contributed by atoms with Crippen molar-refractivity contribution in [1.82, 2.24) is 10.2 Å². The molecule has 0 aromatic rings. The molecule has 0 spiro atoms. The van der Waals surface area contributed by atoms with Crippen LogP contribution in [0.5, 0.6) is 0 Å². The third kappa shape index (κ3) is 7.63. The van der Waals surface area contributed by atoms with Gasteiger partial charge in [-0.15, -0.1) is 0 Å². The number of nitrogens with two attached hydrogens (primary N) is 1. The largest absolute Gasteiger partial charge is 0.469 e. The summed E-state index contributed by atoms with van der Waals surface area (Å²) in [5.41, 5.74) is 5.52. The molecule has 8 heteroatoms. The summed E-state index contributed by atoms with van der Waals surface area (Å²) in [6.45, 7) is 1.45. The Morgan fingerprint density at radius 3 is 2.71 bits per heavy atom. The van der Waals surface area contributed by atoms with Crippen LogP contribution in [0.1, 0.15) is 19.3 Å². The zero-order chi connectivity index (χ0) is 15.9. The van der Waals surface area contributed by atoms with E-state index in [1.54, 1.807) is 0 Å². The second-order valence-corrected chi connectivity index (χ2v) is 5.46. The maximum absolute atomic E-state index is 12.3. The first kappa shape index (κ1) is 18.2. The van der Waals surface area contributed by atoms with Crippen LogP contribution >= 0.6 is 0 Å². The normalized spacial score (nSPS) is 24.0. The molecule has 1 fully saturated rings. The highest BCUT2D eigenvalue weighted by molar-refractivity contribution is 5.69. The number of methoxy groups -OCH3 is 1. The number of hydrogen-bond acceptors (Lipinski definition) is 5. The summed E-state index contributed by atoms with van der Waals surface area (Å²) < 4.78 is 41.5. The van der Waals surface area contributed by atoms with Gasteiger partial charge in [-0.3, -0.25) is 4.79 Å². The fourth-order valence-electron chi connectivity index (χ4n) is 2.71. The summed E-state index contributed by atoms with van der Waals surface area (Å²) in [5.74, 6) is -0.110. The van der Waals surface area contributed by atoms with Gasteiger partial charge in [0.15, 0.2) is 0 Å². The number of halogens is 3. The van der Waals surface area contributed by atoms with E-state index in [1.807, 2.05) is 0 Å². The van der Waals surface area contributed by atoms with Crippen LogP contribution in [-0.2, 0) is 9.53 Å². The number of hydrogen-bond donors (Lipinski definition) is 2. The van der Waals surface area contributed by atoms with Crippen molar-refractivity contribution in [2.24, 2.45) is 11.7 Å². The first-order chi connectivity index (χ1) is 9.84. The van der Waals surface area contributed by atoms with Crippen molar-refractivity contribution in [3.8, 4) is 0 Å². The summed E-state index contributed by atoms with van der Waals surface area (Å²) in [7, 11) is 1.33. The van der Waals surface area contributed by atoms with E-state index >= 15 is 0 Å². The van der Waals surface area contributed by atoms with Crippen LogP contribution in [0.4, 0.5) is 13.2 Å². The number of ether oxygens (including phenoxy) is 1. The molecule has 21 heavy (non-hydrogen) atoms. The first-order valence-corrected chi connectivity index (χ1v) is 7.13. The smallest absolute Gasteiger partial charge is 0.401 e. The number of alkyl halides is 3. The lowest BCUT2D eigenvalue weighted by atomic mass is 9.90. The van der Waals surface area contributed by atoms with Gasteiger partial charge in [0, 0.05) is 38.6 Å². The molecule has 0 saturated carbocycles. The van der Waals surface area contributed by atoms with Crippen molar-refractivity contribution in [2.75, 3.05) is 39.8 Å². The summed E-state index contributed by atoms with van der Waals surface area (Å²) >= 11 is 0. The summed E-state index contributed by atoms with van der Waals surface area (Å²) in [4.78, 5) is 13.2. The van der Waals surface area contributed by atoms with E-state index in [-0.39, 0.29) is 17.9 Å². The molecule has 1 aliphatic rings. The Hall–Kier alpha value is -0.860. The van der Waals surface area contributed by atoms with Gasteiger partial charge in [-0.05, 0) is 18.8 Å². The van der Waals surface area contributed by atoms with E-state index in [0.717, 1.165) is 6.54 Å². The SMILES string of the molecule is COC(=O)CCC1CC(NCC(F)(F)F)CN(CCN)C1.